The summed E-state index contributed by atoms with van der Waals surface area (Å²) in [6.45, 7) is 0. The van der Waals surface area contributed by atoms with E-state index in [0.29, 0.717) is 5.56 Å². The van der Waals surface area contributed by atoms with Gasteiger partial charge >= 0.3 is 0 Å². The van der Waals surface area contributed by atoms with Gasteiger partial charge in [0.05, 0.1) is 11.0 Å². The lowest BCUT2D eigenvalue weighted by Crippen LogP contribution is -2.28. The first-order valence-corrected chi connectivity index (χ1v) is 11.1. The predicted molar refractivity (Wildman–Crippen MR) is 123 cm³/mol. The van der Waals surface area contributed by atoms with Crippen LogP contribution in [0.1, 0.15) is 16.7 Å². The Morgan fingerprint density at radius 2 is 1.03 bits per heavy atom. The van der Waals surface area contributed by atoms with Gasteiger partial charge in [-0.2, -0.15) is 13.7 Å². The summed E-state index contributed by atoms with van der Waals surface area (Å²) in [5.74, 6) is 0. The molecule has 0 fully saturated rings. The van der Waals surface area contributed by atoms with E-state index in [0.717, 1.165) is 22.5 Å². The molecule has 0 bridgehead atoms. The zero-order chi connectivity index (χ0) is 22.8. The summed E-state index contributed by atoms with van der Waals surface area (Å²) in [7, 11) is 3.45. The lowest BCUT2D eigenvalue weighted by molar-refractivity contribution is 0.483. The maximum atomic E-state index is 11.5. The van der Waals surface area contributed by atoms with E-state index in [1.807, 2.05) is 86.5 Å². The summed E-state index contributed by atoms with van der Waals surface area (Å²) in [5.41, 5.74) is 2.97. The van der Waals surface area contributed by atoms with Crippen LogP contribution < -0.4 is 9.80 Å². The molecule has 0 radical (unpaired) electrons. The van der Waals surface area contributed by atoms with E-state index in [1.54, 1.807) is 12.1 Å². The standard InChI is InChI=1S/C24H25N3O3S/c1-26(2)21-11-5-18(6-12-21)24(17-25,19-7-13-22(14-8-19)27(3)4)20-9-15-23(16-10-20)31(28,29)30/h5-16H,1-4H3,(H,28,29,30). The number of anilines is 2. The lowest BCUT2D eigenvalue weighted by Gasteiger charge is -2.30. The Kier molecular flexibility index (Phi) is 6.07. The van der Waals surface area contributed by atoms with Crippen LogP contribution in [0.15, 0.2) is 77.7 Å². The highest BCUT2D eigenvalue weighted by atomic mass is 32.2. The number of hydrogen-bond acceptors (Lipinski definition) is 5. The van der Waals surface area contributed by atoms with Gasteiger partial charge in [0.1, 0.15) is 5.41 Å². The molecule has 3 aromatic carbocycles. The smallest absolute Gasteiger partial charge is 0.294 e. The molecule has 0 heterocycles. The third kappa shape index (κ3) is 4.26. The van der Waals surface area contributed by atoms with Crippen LogP contribution in [-0.4, -0.2) is 41.2 Å². The van der Waals surface area contributed by atoms with Gasteiger partial charge < -0.3 is 9.80 Å². The number of hydrogen-bond donors (Lipinski definition) is 1. The zero-order valence-electron chi connectivity index (χ0n) is 17.9. The number of benzene rings is 3. The van der Waals surface area contributed by atoms with Crippen molar-refractivity contribution in [2.45, 2.75) is 10.3 Å². The highest BCUT2D eigenvalue weighted by Crippen LogP contribution is 2.40. The van der Waals surface area contributed by atoms with Gasteiger partial charge in [-0.3, -0.25) is 4.55 Å². The fraction of sp³-hybridized carbons (Fsp3) is 0.208. The molecule has 1 N–H and O–H groups in total. The molecule has 3 rings (SSSR count). The highest BCUT2D eigenvalue weighted by Gasteiger charge is 2.37. The molecular weight excluding hydrogens is 410 g/mol. The van der Waals surface area contributed by atoms with Gasteiger partial charge in [0.25, 0.3) is 10.1 Å². The summed E-state index contributed by atoms with van der Waals surface area (Å²) >= 11 is 0. The van der Waals surface area contributed by atoms with Gasteiger partial charge in [-0.25, -0.2) is 0 Å². The Bertz CT molecular complexity index is 1140. The molecule has 0 spiro atoms. The Labute approximate surface area is 183 Å². The summed E-state index contributed by atoms with van der Waals surface area (Å²) in [6.07, 6.45) is 0. The zero-order valence-corrected chi connectivity index (χ0v) is 18.8. The molecule has 3 aromatic rings. The minimum Gasteiger partial charge on any atom is -0.378 e. The largest absolute Gasteiger partial charge is 0.378 e. The van der Waals surface area contributed by atoms with Crippen LogP contribution >= 0.6 is 0 Å². The Balaban J connectivity index is 2.25. The van der Waals surface area contributed by atoms with Crippen molar-refractivity contribution in [2.24, 2.45) is 0 Å². The van der Waals surface area contributed by atoms with Crippen molar-refractivity contribution in [2.75, 3.05) is 38.0 Å². The van der Waals surface area contributed by atoms with Crippen molar-refractivity contribution in [1.29, 1.82) is 5.26 Å². The Morgan fingerprint density at radius 1 is 0.710 bits per heavy atom. The van der Waals surface area contributed by atoms with Crippen LogP contribution in [0, 0.1) is 11.3 Å². The second-order valence-corrected chi connectivity index (χ2v) is 9.17. The van der Waals surface area contributed by atoms with Crippen LogP contribution in [0.3, 0.4) is 0 Å². The second-order valence-electron chi connectivity index (χ2n) is 7.74. The van der Waals surface area contributed by atoms with Crippen molar-refractivity contribution in [3.8, 4) is 6.07 Å². The van der Waals surface area contributed by atoms with E-state index in [-0.39, 0.29) is 4.90 Å². The van der Waals surface area contributed by atoms with Gasteiger partial charge in [-0.05, 0) is 53.1 Å². The average molecular weight is 436 g/mol. The van der Waals surface area contributed by atoms with E-state index >= 15 is 0 Å². The van der Waals surface area contributed by atoms with E-state index in [1.165, 1.54) is 12.1 Å². The molecule has 0 unspecified atom stereocenters. The molecule has 0 aliphatic rings. The van der Waals surface area contributed by atoms with E-state index in [2.05, 4.69) is 6.07 Å². The normalized spacial score (nSPS) is 11.6. The van der Waals surface area contributed by atoms with Crippen molar-refractivity contribution in [3.05, 3.63) is 89.5 Å². The molecule has 160 valence electrons. The van der Waals surface area contributed by atoms with Gasteiger partial charge in [0.2, 0.25) is 0 Å². The van der Waals surface area contributed by atoms with Crippen LogP contribution in [0.4, 0.5) is 11.4 Å². The van der Waals surface area contributed by atoms with Gasteiger partial charge in [-0.1, -0.05) is 36.4 Å². The van der Waals surface area contributed by atoms with Crippen molar-refractivity contribution >= 4 is 21.5 Å². The highest BCUT2D eigenvalue weighted by molar-refractivity contribution is 7.85. The molecule has 0 aromatic heterocycles. The maximum Gasteiger partial charge on any atom is 0.294 e. The van der Waals surface area contributed by atoms with Gasteiger partial charge in [0.15, 0.2) is 0 Å². The van der Waals surface area contributed by atoms with Gasteiger partial charge in [0, 0.05) is 39.6 Å². The maximum absolute atomic E-state index is 11.5. The first-order valence-electron chi connectivity index (χ1n) is 9.64. The molecule has 0 saturated carbocycles. The van der Waals surface area contributed by atoms with Crippen LogP contribution in [0.2, 0.25) is 0 Å². The van der Waals surface area contributed by atoms with E-state index in [4.69, 9.17) is 0 Å². The van der Waals surface area contributed by atoms with Crippen LogP contribution in [0.5, 0.6) is 0 Å². The lowest BCUT2D eigenvalue weighted by atomic mass is 9.70. The first kappa shape index (κ1) is 22.3. The summed E-state index contributed by atoms with van der Waals surface area (Å²) in [4.78, 5) is 3.74. The van der Waals surface area contributed by atoms with Crippen LogP contribution in [-0.2, 0) is 15.5 Å². The molecular formula is C24H25N3O3S. The second kappa shape index (κ2) is 8.42. The number of rotatable bonds is 6. The van der Waals surface area contributed by atoms with Crippen molar-refractivity contribution < 1.29 is 13.0 Å². The van der Waals surface area contributed by atoms with Crippen LogP contribution in [0.25, 0.3) is 0 Å². The molecule has 7 heteroatoms. The molecule has 0 saturated heterocycles. The Morgan fingerprint density at radius 3 is 1.29 bits per heavy atom. The first-order chi connectivity index (χ1) is 14.6. The monoisotopic (exact) mass is 435 g/mol. The topological polar surface area (TPSA) is 84.6 Å². The molecule has 0 aliphatic heterocycles. The molecule has 0 aliphatic carbocycles. The summed E-state index contributed by atoms with van der Waals surface area (Å²) in [6, 6.07) is 23.7. The summed E-state index contributed by atoms with van der Waals surface area (Å²) in [5, 5.41) is 10.5. The fourth-order valence-electron chi connectivity index (χ4n) is 3.59. The quantitative estimate of drug-likeness (QED) is 0.467. The molecule has 0 atom stereocenters. The van der Waals surface area contributed by atoms with Crippen molar-refractivity contribution in [1.82, 2.24) is 0 Å². The fourth-order valence-corrected chi connectivity index (χ4v) is 4.07. The van der Waals surface area contributed by atoms with E-state index < -0.39 is 15.5 Å². The third-order valence-corrected chi connectivity index (χ3v) is 6.25. The molecule has 31 heavy (non-hydrogen) atoms. The van der Waals surface area contributed by atoms with Crippen molar-refractivity contribution in [3.63, 3.8) is 0 Å². The minimum absolute atomic E-state index is 0.214. The minimum atomic E-state index is -4.33. The predicted octanol–water partition coefficient (Wildman–Crippen LogP) is 3.92. The average Bonchev–Trinajstić information content (AvgIpc) is 2.75. The van der Waals surface area contributed by atoms with E-state index in [9.17, 15) is 18.2 Å². The third-order valence-electron chi connectivity index (χ3n) is 5.39. The molecule has 6 nitrogen and oxygen atoms in total. The molecule has 0 amide bonds. The summed E-state index contributed by atoms with van der Waals surface area (Å²) < 4.78 is 32.3. The number of nitriles is 1. The number of nitrogens with zero attached hydrogens (tertiary/aromatic N) is 3. The Hall–Kier alpha value is -3.34. The van der Waals surface area contributed by atoms with Gasteiger partial charge in [-0.15, -0.1) is 0 Å². The SMILES string of the molecule is CN(C)c1ccc(C(C#N)(c2ccc(N(C)C)cc2)c2ccc(S(=O)(=O)O)cc2)cc1.